The summed E-state index contributed by atoms with van der Waals surface area (Å²) < 4.78 is 16.9. The molecular formula is C25H21N4O5S+. The summed E-state index contributed by atoms with van der Waals surface area (Å²) >= 11 is 1.07. The number of ketones is 1. The Bertz CT molecular complexity index is 1490. The van der Waals surface area contributed by atoms with Gasteiger partial charge in [-0.15, -0.1) is 0 Å². The molecule has 2 aromatic heterocycles. The number of Topliss-reactive ketones (excluding diaryl/α,β-unsaturated/α-hetero) is 1. The molecule has 10 heteroatoms. The summed E-state index contributed by atoms with van der Waals surface area (Å²) in [5.41, 5.74) is 2.08. The van der Waals surface area contributed by atoms with Gasteiger partial charge in [-0.25, -0.2) is 9.78 Å². The lowest BCUT2D eigenvalue weighted by molar-refractivity contribution is -0.741. The van der Waals surface area contributed by atoms with E-state index in [1.807, 2.05) is 48.5 Å². The van der Waals surface area contributed by atoms with E-state index in [4.69, 9.17) is 14.5 Å². The molecule has 1 N–H and O–H groups in total. The molecule has 0 bridgehead atoms. The second-order valence-corrected chi connectivity index (χ2v) is 8.32. The normalized spacial score (nSPS) is 10.6. The fraction of sp³-hybridized carbons (Fsp3) is 0.160. The van der Waals surface area contributed by atoms with Crippen LogP contribution >= 0.6 is 11.8 Å². The maximum atomic E-state index is 12.7. The van der Waals surface area contributed by atoms with Gasteiger partial charge in [0.15, 0.2) is 18.5 Å². The number of pyridine rings is 1. The van der Waals surface area contributed by atoms with Gasteiger partial charge in [-0.3, -0.25) is 9.32 Å². The zero-order valence-corrected chi connectivity index (χ0v) is 20.0. The summed E-state index contributed by atoms with van der Waals surface area (Å²) in [6.07, 6.45) is 0. The van der Waals surface area contributed by atoms with Crippen molar-refractivity contribution in [2.24, 2.45) is 7.05 Å². The molecular weight excluding hydrogens is 468 g/mol. The Morgan fingerprint density at radius 2 is 1.91 bits per heavy atom. The minimum Gasteiger partial charge on any atom is -0.493 e. The van der Waals surface area contributed by atoms with Crippen LogP contribution in [-0.2, 0) is 7.05 Å². The molecule has 0 radical (unpaired) electrons. The maximum absolute atomic E-state index is 12.7. The molecule has 0 amide bonds. The second kappa shape index (κ2) is 10.3. The Hall–Kier alpha value is -4.36. The lowest BCUT2D eigenvalue weighted by Crippen LogP contribution is -2.39. The third kappa shape index (κ3) is 4.67. The van der Waals surface area contributed by atoms with Gasteiger partial charge in [0.05, 0.1) is 31.2 Å². The average Bonchev–Trinajstić information content (AvgIpc) is 3.24. The number of aryl methyl sites for hydroxylation is 1. The van der Waals surface area contributed by atoms with Gasteiger partial charge in [0, 0.05) is 16.7 Å². The lowest BCUT2D eigenvalue weighted by atomic mass is 9.98. The quantitative estimate of drug-likeness (QED) is 0.227. The van der Waals surface area contributed by atoms with Crippen molar-refractivity contribution >= 4 is 17.5 Å². The number of carbonyl (C=O) groups excluding carboxylic acids is 1. The minimum absolute atomic E-state index is 0.120. The highest BCUT2D eigenvalue weighted by atomic mass is 32.2. The molecule has 0 unspecified atom stereocenters. The van der Waals surface area contributed by atoms with E-state index in [2.05, 4.69) is 15.9 Å². The van der Waals surface area contributed by atoms with Crippen LogP contribution in [0, 0.1) is 11.3 Å². The lowest BCUT2D eigenvalue weighted by Gasteiger charge is -2.16. The maximum Gasteiger partial charge on any atom is 0.438 e. The molecule has 2 heterocycles. The van der Waals surface area contributed by atoms with E-state index in [9.17, 15) is 14.9 Å². The SMILES string of the molecule is COc1cccc(-c2cc(-c3ccccc3)nc(SCC(=O)c3c(=O)o[nH][n+]3C)c2C#N)c1OC. The first-order valence-corrected chi connectivity index (χ1v) is 11.4. The number of thioether (sulfide) groups is 1. The number of carbonyl (C=O) groups is 1. The van der Waals surface area contributed by atoms with Gasteiger partial charge < -0.3 is 9.47 Å². The number of nitriles is 1. The summed E-state index contributed by atoms with van der Waals surface area (Å²) in [5, 5.41) is 12.8. The number of nitrogens with one attached hydrogen (secondary N) is 1. The van der Waals surface area contributed by atoms with Crippen molar-refractivity contribution in [1.82, 2.24) is 10.3 Å². The van der Waals surface area contributed by atoms with Crippen LogP contribution in [-0.4, -0.2) is 36.0 Å². The number of methoxy groups -OCH3 is 2. The Morgan fingerprint density at radius 1 is 1.14 bits per heavy atom. The van der Waals surface area contributed by atoms with E-state index < -0.39 is 11.4 Å². The smallest absolute Gasteiger partial charge is 0.438 e. The molecule has 0 spiro atoms. The first kappa shape index (κ1) is 23.8. The third-order valence-corrected chi connectivity index (χ3v) is 6.24. The predicted octanol–water partition coefficient (Wildman–Crippen LogP) is 3.39. The number of aromatic amines is 1. The molecule has 0 fully saturated rings. The van der Waals surface area contributed by atoms with Gasteiger partial charge in [-0.2, -0.15) is 5.26 Å². The van der Waals surface area contributed by atoms with E-state index >= 15 is 0 Å². The first-order chi connectivity index (χ1) is 17.0. The van der Waals surface area contributed by atoms with Crippen molar-refractivity contribution in [3.63, 3.8) is 0 Å². The average molecular weight is 490 g/mol. The number of rotatable bonds is 8. The number of aromatic nitrogens is 3. The highest BCUT2D eigenvalue weighted by Gasteiger charge is 2.27. The van der Waals surface area contributed by atoms with Crippen LogP contribution in [0.2, 0.25) is 0 Å². The van der Waals surface area contributed by atoms with E-state index in [0.29, 0.717) is 33.3 Å². The van der Waals surface area contributed by atoms with Gasteiger partial charge in [0.2, 0.25) is 5.78 Å². The fourth-order valence-corrected chi connectivity index (χ4v) is 4.51. The predicted molar refractivity (Wildman–Crippen MR) is 128 cm³/mol. The largest absolute Gasteiger partial charge is 0.493 e. The number of ether oxygens (including phenoxy) is 2. The monoisotopic (exact) mass is 489 g/mol. The van der Waals surface area contributed by atoms with Crippen molar-refractivity contribution in [1.29, 1.82) is 5.26 Å². The zero-order valence-electron chi connectivity index (χ0n) is 19.2. The summed E-state index contributed by atoms with van der Waals surface area (Å²) in [4.78, 5) is 29.3. The number of hydrogen-bond acceptors (Lipinski definition) is 8. The van der Waals surface area contributed by atoms with Gasteiger partial charge in [-0.1, -0.05) is 58.9 Å². The van der Waals surface area contributed by atoms with Crippen molar-refractivity contribution in [2.75, 3.05) is 20.0 Å². The number of hydrogen-bond donors (Lipinski definition) is 1. The van der Waals surface area contributed by atoms with Crippen molar-refractivity contribution in [3.8, 4) is 40.0 Å². The summed E-state index contributed by atoms with van der Waals surface area (Å²) in [7, 11) is 4.58. The molecule has 35 heavy (non-hydrogen) atoms. The number of para-hydroxylation sites is 1. The van der Waals surface area contributed by atoms with E-state index in [0.717, 1.165) is 17.3 Å². The second-order valence-electron chi connectivity index (χ2n) is 7.35. The first-order valence-electron chi connectivity index (χ1n) is 10.4. The molecule has 9 nitrogen and oxygen atoms in total. The summed E-state index contributed by atoms with van der Waals surface area (Å²) in [5.74, 6) is 0.415. The van der Waals surface area contributed by atoms with Gasteiger partial charge >= 0.3 is 11.3 Å². The molecule has 0 atom stereocenters. The number of benzene rings is 2. The van der Waals surface area contributed by atoms with Crippen LogP contribution in [0.1, 0.15) is 16.1 Å². The van der Waals surface area contributed by atoms with Crippen LogP contribution in [0.25, 0.3) is 22.4 Å². The molecule has 4 rings (SSSR count). The van der Waals surface area contributed by atoms with Crippen molar-refractivity contribution in [2.45, 2.75) is 5.03 Å². The van der Waals surface area contributed by atoms with Crippen LogP contribution in [0.5, 0.6) is 11.5 Å². The Labute approximate surface area is 204 Å². The van der Waals surface area contributed by atoms with E-state index in [1.54, 1.807) is 13.2 Å². The van der Waals surface area contributed by atoms with E-state index in [-0.39, 0.29) is 17.0 Å². The molecule has 2 aromatic carbocycles. The van der Waals surface area contributed by atoms with Crippen LogP contribution in [0.4, 0.5) is 0 Å². The van der Waals surface area contributed by atoms with Crippen molar-refractivity contribution < 1.29 is 23.5 Å². The molecule has 4 aromatic rings. The Morgan fingerprint density at radius 3 is 2.54 bits per heavy atom. The highest BCUT2D eigenvalue weighted by molar-refractivity contribution is 8.00. The van der Waals surface area contributed by atoms with Gasteiger partial charge in [-0.05, 0) is 17.4 Å². The summed E-state index contributed by atoms with van der Waals surface area (Å²) in [6, 6.07) is 19.0. The van der Waals surface area contributed by atoms with Crippen molar-refractivity contribution in [3.05, 3.63) is 76.3 Å². The fourth-order valence-electron chi connectivity index (χ4n) is 3.65. The third-order valence-electron chi connectivity index (χ3n) is 5.27. The Balaban J connectivity index is 1.86. The number of H-pyrrole nitrogens is 1. The van der Waals surface area contributed by atoms with E-state index in [1.165, 1.54) is 18.8 Å². The molecule has 0 saturated heterocycles. The standard InChI is InChI=1S/C25H20N4O5S/c1-29-22(25(31)34-28-29)20(30)14-35-24-18(13-26)17(12-19(27-24)15-8-5-4-6-9-15)16-10-7-11-21(32-2)23(16)33-3/h4-12H,14H2,1-3H3/p+1. The Kier molecular flexibility index (Phi) is 6.98. The van der Waals surface area contributed by atoms with Crippen LogP contribution in [0.3, 0.4) is 0 Å². The van der Waals surface area contributed by atoms with Gasteiger partial charge in [0.1, 0.15) is 11.1 Å². The highest BCUT2D eigenvalue weighted by Crippen LogP contribution is 2.42. The molecule has 0 aliphatic rings. The van der Waals surface area contributed by atoms with Crippen LogP contribution in [0.15, 0.2) is 68.9 Å². The van der Waals surface area contributed by atoms with Crippen LogP contribution < -0.4 is 19.8 Å². The molecule has 176 valence electrons. The molecule has 0 aliphatic heterocycles. The minimum atomic E-state index is -0.758. The molecule has 0 aliphatic carbocycles. The van der Waals surface area contributed by atoms with Gasteiger partial charge in [0.25, 0.3) is 0 Å². The topological polar surface area (TPSA) is 122 Å². The summed E-state index contributed by atoms with van der Waals surface area (Å²) in [6.45, 7) is 0. The molecule has 0 saturated carbocycles. The number of nitrogens with zero attached hydrogens (tertiary/aromatic N) is 3. The zero-order chi connectivity index (χ0) is 24.9.